The van der Waals surface area contributed by atoms with E-state index < -0.39 is 39.3 Å². The number of carbonyl (C=O) groups is 2. The van der Waals surface area contributed by atoms with Crippen LogP contribution in [0.3, 0.4) is 0 Å². The Bertz CT molecular complexity index is 1480. The van der Waals surface area contributed by atoms with Crippen LogP contribution in [0.1, 0.15) is 44.3 Å². The minimum absolute atomic E-state index is 0.0204. The van der Waals surface area contributed by atoms with Crippen molar-refractivity contribution in [1.29, 1.82) is 0 Å². The molecule has 0 saturated carbocycles. The smallest absolute Gasteiger partial charge is 0.0534 e. The van der Waals surface area contributed by atoms with E-state index in [4.69, 9.17) is 9.05 Å². The van der Waals surface area contributed by atoms with Crippen molar-refractivity contribution in [1.82, 2.24) is 0 Å². The van der Waals surface area contributed by atoms with Gasteiger partial charge in [0.1, 0.15) is 0 Å². The minimum atomic E-state index is -4.00. The summed E-state index contributed by atoms with van der Waals surface area (Å²) in [5, 5.41) is 9.47. The molecule has 1 atom stereocenters. The SMILES string of the molecule is CCOP(=O)(Cc1ccc(NS(=O)(=O)c2cc(C(=O)[AsH]c3ccc(Br)cc3C(=O)O)sc2C)cc1)OCC. The van der Waals surface area contributed by atoms with Crippen LogP contribution in [-0.4, -0.2) is 53.0 Å². The topological polar surface area (TPSA) is 136 Å². The molecular formula is C24H26AsBrNO8PS2. The number of hydrogen-bond donors (Lipinski definition) is 2. The zero-order valence-corrected chi connectivity index (χ0v) is 26.9. The van der Waals surface area contributed by atoms with Crippen LogP contribution in [0.4, 0.5) is 5.69 Å². The second-order valence-corrected chi connectivity index (χ2v) is 16.4. The van der Waals surface area contributed by atoms with Gasteiger partial charge in [0.05, 0.1) is 13.2 Å². The van der Waals surface area contributed by atoms with Crippen LogP contribution >= 0.6 is 34.9 Å². The molecule has 3 aromatic rings. The fraction of sp³-hybridized carbons (Fsp3) is 0.250. The Morgan fingerprint density at radius 3 is 2.29 bits per heavy atom. The van der Waals surface area contributed by atoms with Gasteiger partial charge in [0, 0.05) is 0 Å². The molecule has 1 aromatic heterocycles. The average Bonchev–Trinajstić information content (AvgIpc) is 3.24. The van der Waals surface area contributed by atoms with Crippen LogP contribution in [0.15, 0.2) is 57.9 Å². The number of nitrogens with one attached hydrogen (secondary N) is 1. The zero-order valence-electron chi connectivity index (χ0n) is 20.7. The van der Waals surface area contributed by atoms with Gasteiger partial charge < -0.3 is 9.05 Å². The van der Waals surface area contributed by atoms with Gasteiger partial charge in [-0.05, 0) is 13.8 Å². The van der Waals surface area contributed by atoms with Gasteiger partial charge in [-0.25, -0.2) is 0 Å². The number of carboxylic acid groups (broad SMARTS) is 1. The van der Waals surface area contributed by atoms with E-state index in [1.807, 2.05) is 0 Å². The number of benzene rings is 2. The maximum absolute atomic E-state index is 13.1. The number of hydrogen-bond acceptors (Lipinski definition) is 8. The van der Waals surface area contributed by atoms with Crippen LogP contribution in [0.2, 0.25) is 0 Å². The van der Waals surface area contributed by atoms with Gasteiger partial charge in [0.15, 0.2) is 0 Å². The first-order valence-electron chi connectivity index (χ1n) is 11.3. The minimum Gasteiger partial charge on any atom is -0.309 e. The van der Waals surface area contributed by atoms with E-state index in [-0.39, 0.29) is 39.3 Å². The summed E-state index contributed by atoms with van der Waals surface area (Å²) in [7, 11) is -7.30. The molecule has 0 saturated heterocycles. The van der Waals surface area contributed by atoms with Crippen LogP contribution in [0.25, 0.3) is 0 Å². The summed E-state index contributed by atoms with van der Waals surface area (Å²) in [6.45, 7) is 5.55. The number of anilines is 1. The van der Waals surface area contributed by atoms with Crippen molar-refractivity contribution in [3.05, 3.63) is 73.9 Å². The number of rotatable bonds is 13. The van der Waals surface area contributed by atoms with E-state index in [1.54, 1.807) is 57.2 Å². The average molecular weight is 706 g/mol. The third-order valence-corrected chi connectivity index (χ3v) is 13.2. The predicted molar refractivity (Wildman–Crippen MR) is 153 cm³/mol. The fourth-order valence-corrected chi connectivity index (χ4v) is 10.5. The van der Waals surface area contributed by atoms with Crippen LogP contribution in [0, 0.1) is 6.92 Å². The molecule has 0 fully saturated rings. The molecule has 0 amide bonds. The second-order valence-electron chi connectivity index (χ2n) is 7.89. The molecule has 3 rings (SSSR count). The number of thiophene rings is 1. The molecule has 0 spiro atoms. The number of aromatic carboxylic acids is 1. The normalized spacial score (nSPS) is 12.2. The van der Waals surface area contributed by atoms with E-state index in [9.17, 15) is 27.7 Å². The molecule has 204 valence electrons. The summed E-state index contributed by atoms with van der Waals surface area (Å²) in [5.41, 5.74) is 1.01. The third kappa shape index (κ3) is 7.88. The van der Waals surface area contributed by atoms with Crippen molar-refractivity contribution in [2.75, 3.05) is 17.9 Å². The van der Waals surface area contributed by atoms with Gasteiger partial charge >= 0.3 is 201 Å². The zero-order chi connectivity index (χ0) is 28.1. The maximum atomic E-state index is 13.1. The van der Waals surface area contributed by atoms with Crippen LogP contribution in [-0.2, 0) is 29.8 Å². The Kier molecular flexibility index (Phi) is 10.6. The number of aryl methyl sites for hydroxylation is 1. The molecule has 9 nitrogen and oxygen atoms in total. The molecule has 0 radical (unpaired) electrons. The van der Waals surface area contributed by atoms with Crippen molar-refractivity contribution in [2.45, 2.75) is 31.8 Å². The van der Waals surface area contributed by atoms with Gasteiger partial charge in [-0.2, -0.15) is 0 Å². The molecule has 2 N–H and O–H groups in total. The Balaban J connectivity index is 1.76. The summed E-state index contributed by atoms with van der Waals surface area (Å²) in [5.74, 6) is -1.13. The number of carbonyl (C=O) groups excluding carboxylic acids is 1. The Labute approximate surface area is 240 Å². The van der Waals surface area contributed by atoms with E-state index in [0.29, 0.717) is 25.0 Å². The molecule has 38 heavy (non-hydrogen) atoms. The second kappa shape index (κ2) is 13.0. The molecule has 0 aliphatic carbocycles. The standard InChI is InChI=1S/C24H26AsBrNO8PS2/c1-4-34-36(31,35-5-2)14-16-6-9-18(10-7-16)27-38(32,33)22-13-21(37-15(22)3)23(28)25-20-11-8-17(26)12-19(20)24(29)30/h6-13,25,27H,4-5,14H2,1-3H3,(H,29,30). The van der Waals surface area contributed by atoms with Crippen molar-refractivity contribution < 1.29 is 36.7 Å². The van der Waals surface area contributed by atoms with E-state index in [2.05, 4.69) is 20.7 Å². The van der Waals surface area contributed by atoms with Crippen LogP contribution in [0.5, 0.6) is 0 Å². The largest absolute Gasteiger partial charge is 0.309 e. The first-order valence-corrected chi connectivity index (χ1v) is 18.2. The van der Waals surface area contributed by atoms with Gasteiger partial charge in [-0.1, -0.05) is 0 Å². The molecule has 0 aliphatic rings. The summed E-state index contributed by atoms with van der Waals surface area (Å²) in [4.78, 5) is 25.2. The quantitative estimate of drug-likeness (QED) is 0.188. The van der Waals surface area contributed by atoms with Crippen LogP contribution < -0.4 is 9.07 Å². The Morgan fingerprint density at radius 1 is 1.08 bits per heavy atom. The van der Waals surface area contributed by atoms with E-state index >= 15 is 0 Å². The predicted octanol–water partition coefficient (Wildman–Crippen LogP) is 4.99. The van der Waals surface area contributed by atoms with Gasteiger partial charge in [-0.15, -0.1) is 0 Å². The Hall–Kier alpha value is -1.78. The molecular weight excluding hydrogens is 680 g/mol. The summed E-state index contributed by atoms with van der Waals surface area (Å²) < 4.78 is 52.9. The van der Waals surface area contributed by atoms with Crippen molar-refractivity contribution >= 4 is 81.2 Å². The summed E-state index contributed by atoms with van der Waals surface area (Å²) in [6, 6.07) is 12.5. The monoisotopic (exact) mass is 705 g/mol. The summed E-state index contributed by atoms with van der Waals surface area (Å²) >= 11 is 2.76. The Morgan fingerprint density at radius 2 is 1.71 bits per heavy atom. The van der Waals surface area contributed by atoms with E-state index in [0.717, 1.165) is 11.3 Å². The third-order valence-electron chi connectivity index (χ3n) is 5.08. The van der Waals surface area contributed by atoms with Crippen molar-refractivity contribution in [2.24, 2.45) is 0 Å². The van der Waals surface area contributed by atoms with Gasteiger partial charge in [-0.3, -0.25) is 4.57 Å². The molecule has 14 heteroatoms. The molecule has 1 heterocycles. The number of halogens is 1. The van der Waals surface area contributed by atoms with Crippen molar-refractivity contribution in [3.63, 3.8) is 0 Å². The van der Waals surface area contributed by atoms with E-state index in [1.165, 1.54) is 12.1 Å². The number of sulfonamides is 1. The molecule has 0 aliphatic heterocycles. The number of carboxylic acids is 1. The van der Waals surface area contributed by atoms with Gasteiger partial charge in [0.2, 0.25) is 0 Å². The first-order chi connectivity index (χ1) is 17.9. The molecule has 2 aromatic carbocycles. The van der Waals surface area contributed by atoms with Gasteiger partial charge in [0.25, 0.3) is 0 Å². The molecule has 1 unspecified atom stereocenters. The fourth-order valence-electron chi connectivity index (χ4n) is 3.46. The van der Waals surface area contributed by atoms with Crippen molar-refractivity contribution in [3.8, 4) is 0 Å². The molecule has 0 bridgehead atoms. The first kappa shape index (κ1) is 30.8. The summed E-state index contributed by atoms with van der Waals surface area (Å²) in [6.07, 6.45) is 0.0578. The maximum Gasteiger partial charge on any atom is 0.0534 e.